The zero-order valence-corrected chi connectivity index (χ0v) is 16.5. The normalized spacial score (nSPS) is 17.1. The summed E-state index contributed by atoms with van der Waals surface area (Å²) < 4.78 is 0. The molecule has 3 rings (SSSR count). The van der Waals surface area contributed by atoms with Gasteiger partial charge in [0.05, 0.1) is 13.0 Å². The SMILES string of the molecule is C[C@@H]1CCCN(Cc2ccc(NC(=O)CNC(=O)Cc3ccccc3)cc2)C1. The third kappa shape index (κ3) is 6.50. The van der Waals surface area contributed by atoms with Gasteiger partial charge in [-0.05, 0) is 48.6 Å². The summed E-state index contributed by atoms with van der Waals surface area (Å²) in [6.07, 6.45) is 2.87. The van der Waals surface area contributed by atoms with Crippen LogP contribution < -0.4 is 10.6 Å². The lowest BCUT2D eigenvalue weighted by molar-refractivity contribution is -0.123. The van der Waals surface area contributed by atoms with Crippen molar-refractivity contribution in [3.63, 3.8) is 0 Å². The van der Waals surface area contributed by atoms with Gasteiger partial charge in [0.2, 0.25) is 11.8 Å². The first-order valence-electron chi connectivity index (χ1n) is 10.0. The van der Waals surface area contributed by atoms with E-state index in [-0.39, 0.29) is 24.8 Å². The topological polar surface area (TPSA) is 61.4 Å². The van der Waals surface area contributed by atoms with E-state index in [0.29, 0.717) is 0 Å². The molecule has 0 spiro atoms. The number of piperidine rings is 1. The Hall–Kier alpha value is -2.66. The van der Waals surface area contributed by atoms with E-state index in [1.54, 1.807) is 0 Å². The highest BCUT2D eigenvalue weighted by Gasteiger charge is 2.16. The smallest absolute Gasteiger partial charge is 0.243 e. The van der Waals surface area contributed by atoms with Crippen LogP contribution in [0.1, 0.15) is 30.9 Å². The van der Waals surface area contributed by atoms with Gasteiger partial charge in [-0.1, -0.05) is 49.4 Å². The highest BCUT2D eigenvalue weighted by Crippen LogP contribution is 2.18. The highest BCUT2D eigenvalue weighted by molar-refractivity contribution is 5.94. The number of benzene rings is 2. The van der Waals surface area contributed by atoms with E-state index in [0.717, 1.165) is 36.8 Å². The minimum Gasteiger partial charge on any atom is -0.347 e. The molecular formula is C23H29N3O2. The molecule has 0 saturated carbocycles. The monoisotopic (exact) mass is 379 g/mol. The molecule has 2 amide bonds. The Balaban J connectivity index is 1.40. The molecule has 5 heteroatoms. The molecule has 1 atom stereocenters. The number of carbonyl (C=O) groups excluding carboxylic acids is 2. The van der Waals surface area contributed by atoms with Crippen molar-refractivity contribution in [1.82, 2.24) is 10.2 Å². The Kier molecular flexibility index (Phi) is 7.20. The Morgan fingerprint density at radius 3 is 2.46 bits per heavy atom. The van der Waals surface area contributed by atoms with Crippen LogP contribution in [-0.2, 0) is 22.6 Å². The lowest BCUT2D eigenvalue weighted by Crippen LogP contribution is -2.34. The number of amides is 2. The van der Waals surface area contributed by atoms with Gasteiger partial charge in [-0.25, -0.2) is 0 Å². The zero-order chi connectivity index (χ0) is 19.8. The maximum Gasteiger partial charge on any atom is 0.243 e. The molecule has 2 aromatic rings. The molecule has 0 unspecified atom stereocenters. The highest BCUT2D eigenvalue weighted by atomic mass is 16.2. The number of nitrogens with one attached hydrogen (secondary N) is 2. The second-order valence-corrected chi connectivity index (χ2v) is 7.67. The van der Waals surface area contributed by atoms with Gasteiger partial charge in [-0.2, -0.15) is 0 Å². The number of rotatable bonds is 7. The quantitative estimate of drug-likeness (QED) is 0.777. The summed E-state index contributed by atoms with van der Waals surface area (Å²) in [4.78, 5) is 26.5. The largest absolute Gasteiger partial charge is 0.347 e. The fourth-order valence-electron chi connectivity index (χ4n) is 3.61. The molecule has 0 aliphatic carbocycles. The van der Waals surface area contributed by atoms with Gasteiger partial charge in [-0.3, -0.25) is 14.5 Å². The molecule has 1 aliphatic rings. The first-order valence-corrected chi connectivity index (χ1v) is 10.0. The molecule has 28 heavy (non-hydrogen) atoms. The van der Waals surface area contributed by atoms with E-state index in [4.69, 9.17) is 0 Å². The molecule has 0 radical (unpaired) electrons. The molecule has 5 nitrogen and oxygen atoms in total. The van der Waals surface area contributed by atoms with E-state index in [1.165, 1.54) is 18.4 Å². The maximum atomic E-state index is 12.1. The molecule has 1 saturated heterocycles. The summed E-state index contributed by atoms with van der Waals surface area (Å²) >= 11 is 0. The van der Waals surface area contributed by atoms with Gasteiger partial charge in [0.15, 0.2) is 0 Å². The molecule has 0 aromatic heterocycles. The van der Waals surface area contributed by atoms with Crippen molar-refractivity contribution in [2.75, 3.05) is 25.0 Å². The van der Waals surface area contributed by atoms with Crippen molar-refractivity contribution in [3.8, 4) is 0 Å². The van der Waals surface area contributed by atoms with Crippen LogP contribution in [0.3, 0.4) is 0 Å². The van der Waals surface area contributed by atoms with Crippen molar-refractivity contribution in [3.05, 3.63) is 65.7 Å². The lowest BCUT2D eigenvalue weighted by Gasteiger charge is -2.30. The van der Waals surface area contributed by atoms with Crippen LogP contribution in [0.2, 0.25) is 0 Å². The second kappa shape index (κ2) is 10.0. The number of nitrogens with zero attached hydrogens (tertiary/aromatic N) is 1. The Morgan fingerprint density at radius 2 is 1.75 bits per heavy atom. The summed E-state index contributed by atoms with van der Waals surface area (Å²) in [7, 11) is 0. The Bertz CT molecular complexity index is 774. The average molecular weight is 380 g/mol. The zero-order valence-electron chi connectivity index (χ0n) is 16.5. The van der Waals surface area contributed by atoms with Crippen LogP contribution in [0.5, 0.6) is 0 Å². The fourth-order valence-corrected chi connectivity index (χ4v) is 3.61. The van der Waals surface area contributed by atoms with Gasteiger partial charge >= 0.3 is 0 Å². The minimum atomic E-state index is -0.223. The van der Waals surface area contributed by atoms with Crippen molar-refractivity contribution in [2.24, 2.45) is 5.92 Å². The van der Waals surface area contributed by atoms with E-state index >= 15 is 0 Å². The number of anilines is 1. The van der Waals surface area contributed by atoms with Crippen molar-refractivity contribution in [1.29, 1.82) is 0 Å². The van der Waals surface area contributed by atoms with Crippen molar-refractivity contribution < 1.29 is 9.59 Å². The third-order valence-electron chi connectivity index (χ3n) is 5.04. The van der Waals surface area contributed by atoms with Gasteiger partial charge in [0, 0.05) is 18.8 Å². The predicted octanol–water partition coefficient (Wildman–Crippen LogP) is 3.22. The van der Waals surface area contributed by atoms with E-state index < -0.39 is 0 Å². The summed E-state index contributed by atoms with van der Waals surface area (Å²) in [5.41, 5.74) is 2.93. The van der Waals surface area contributed by atoms with Crippen LogP contribution >= 0.6 is 0 Å². The van der Waals surface area contributed by atoms with E-state index in [2.05, 4.69) is 34.6 Å². The van der Waals surface area contributed by atoms with Gasteiger partial charge < -0.3 is 10.6 Å². The Morgan fingerprint density at radius 1 is 1.00 bits per heavy atom. The molecule has 1 fully saturated rings. The number of likely N-dealkylation sites (tertiary alicyclic amines) is 1. The molecule has 1 heterocycles. The first kappa shape index (κ1) is 20.1. The van der Waals surface area contributed by atoms with Crippen LogP contribution in [0.15, 0.2) is 54.6 Å². The van der Waals surface area contributed by atoms with Crippen LogP contribution in [0.25, 0.3) is 0 Å². The van der Waals surface area contributed by atoms with Gasteiger partial charge in [-0.15, -0.1) is 0 Å². The number of hydrogen-bond donors (Lipinski definition) is 2. The first-order chi connectivity index (χ1) is 13.6. The summed E-state index contributed by atoms with van der Waals surface area (Å²) in [6, 6.07) is 17.4. The second-order valence-electron chi connectivity index (χ2n) is 7.67. The number of hydrogen-bond acceptors (Lipinski definition) is 3. The van der Waals surface area contributed by atoms with Crippen LogP contribution in [-0.4, -0.2) is 36.3 Å². The van der Waals surface area contributed by atoms with E-state index in [1.807, 2.05) is 42.5 Å². The lowest BCUT2D eigenvalue weighted by atomic mass is 10.00. The standard InChI is InChI=1S/C23H29N3O2/c1-18-6-5-13-26(16-18)17-20-9-11-21(12-10-20)25-23(28)15-24-22(27)14-19-7-3-2-4-8-19/h2-4,7-12,18H,5-6,13-17H2,1H3,(H,24,27)(H,25,28)/t18-/m1/s1. The van der Waals surface area contributed by atoms with Gasteiger partial charge in [0.1, 0.15) is 0 Å². The molecule has 2 N–H and O–H groups in total. The molecular weight excluding hydrogens is 350 g/mol. The number of carbonyl (C=O) groups is 2. The third-order valence-corrected chi connectivity index (χ3v) is 5.04. The average Bonchev–Trinajstić information content (AvgIpc) is 2.69. The van der Waals surface area contributed by atoms with Crippen LogP contribution in [0.4, 0.5) is 5.69 Å². The minimum absolute atomic E-state index is 0.0287. The van der Waals surface area contributed by atoms with Gasteiger partial charge in [0.25, 0.3) is 0 Å². The van der Waals surface area contributed by atoms with Crippen molar-refractivity contribution >= 4 is 17.5 Å². The fraction of sp³-hybridized carbons (Fsp3) is 0.391. The molecule has 148 valence electrons. The maximum absolute atomic E-state index is 12.1. The summed E-state index contributed by atoms with van der Waals surface area (Å²) in [5, 5.41) is 5.49. The molecule has 0 bridgehead atoms. The summed E-state index contributed by atoms with van der Waals surface area (Å²) in [6.45, 7) is 5.54. The predicted molar refractivity (Wildman–Crippen MR) is 112 cm³/mol. The summed E-state index contributed by atoms with van der Waals surface area (Å²) in [5.74, 6) is 0.385. The molecule has 2 aromatic carbocycles. The van der Waals surface area contributed by atoms with Crippen LogP contribution in [0, 0.1) is 5.92 Å². The Labute approximate surface area is 167 Å². The molecule has 1 aliphatic heterocycles. The van der Waals surface area contributed by atoms with E-state index in [9.17, 15) is 9.59 Å². The van der Waals surface area contributed by atoms with Crippen molar-refractivity contribution in [2.45, 2.75) is 32.7 Å².